The zero-order valence-electron chi connectivity index (χ0n) is 12.2. The minimum atomic E-state index is 0.118. The number of amides is 1. The average molecular weight is 273 g/mol. The van der Waals surface area contributed by atoms with Crippen molar-refractivity contribution in [1.82, 2.24) is 4.90 Å². The second-order valence-electron chi connectivity index (χ2n) is 6.32. The fourth-order valence-electron chi connectivity index (χ4n) is 3.14. The number of carbonyl (C=O) groups excluding carboxylic acids is 1. The Kier molecular flexibility index (Phi) is 3.42. The zero-order valence-corrected chi connectivity index (χ0v) is 12.2. The summed E-state index contributed by atoms with van der Waals surface area (Å²) < 4.78 is 0. The molecule has 1 aliphatic carbocycles. The van der Waals surface area contributed by atoms with Gasteiger partial charge in [0.05, 0.1) is 0 Å². The predicted molar refractivity (Wildman–Crippen MR) is 80.9 cm³/mol. The van der Waals surface area contributed by atoms with Crippen molar-refractivity contribution < 1.29 is 4.79 Å². The Morgan fingerprint density at radius 1 is 1.30 bits per heavy atom. The van der Waals surface area contributed by atoms with Crippen molar-refractivity contribution in [2.45, 2.75) is 18.9 Å². The maximum Gasteiger partial charge on any atom is 0.253 e. The number of rotatable bonds is 3. The average Bonchev–Trinajstić information content (AvgIpc) is 3.21. The van der Waals surface area contributed by atoms with E-state index in [1.54, 1.807) is 0 Å². The summed E-state index contributed by atoms with van der Waals surface area (Å²) in [6.45, 7) is 1.53. The molecule has 1 saturated heterocycles. The lowest BCUT2D eigenvalue weighted by molar-refractivity contribution is 0.0785. The maximum atomic E-state index is 12.6. The van der Waals surface area contributed by atoms with Gasteiger partial charge in [-0.05, 0) is 42.9 Å². The van der Waals surface area contributed by atoms with Gasteiger partial charge in [0, 0.05) is 44.5 Å². The number of likely N-dealkylation sites (tertiary alicyclic amines) is 1. The van der Waals surface area contributed by atoms with Crippen molar-refractivity contribution in [3.05, 3.63) is 29.8 Å². The van der Waals surface area contributed by atoms with Gasteiger partial charge in [0.1, 0.15) is 0 Å². The minimum absolute atomic E-state index is 0.118. The van der Waals surface area contributed by atoms with Crippen LogP contribution in [0.3, 0.4) is 0 Å². The molecular formula is C16H23N3O. The van der Waals surface area contributed by atoms with E-state index in [1.165, 1.54) is 12.8 Å². The first-order chi connectivity index (χ1) is 9.56. The zero-order chi connectivity index (χ0) is 14.3. The minimum Gasteiger partial charge on any atom is -0.378 e. The van der Waals surface area contributed by atoms with Gasteiger partial charge in [0.15, 0.2) is 0 Å². The number of benzene rings is 1. The fraction of sp³-hybridized carbons (Fsp3) is 0.562. The third-order valence-electron chi connectivity index (χ3n) is 4.54. The third-order valence-corrected chi connectivity index (χ3v) is 4.54. The molecule has 2 N–H and O–H groups in total. The molecule has 0 spiro atoms. The lowest BCUT2D eigenvalue weighted by Crippen LogP contribution is -2.32. The molecular weight excluding hydrogens is 250 g/mol. The van der Waals surface area contributed by atoms with Crippen LogP contribution in [-0.2, 0) is 0 Å². The van der Waals surface area contributed by atoms with E-state index in [4.69, 9.17) is 5.73 Å². The normalized spacial score (nSPS) is 25.9. The first kappa shape index (κ1) is 13.4. The highest BCUT2D eigenvalue weighted by Crippen LogP contribution is 2.41. The SMILES string of the molecule is CN(C)c1cccc(C(=O)N2C[C@H](C3CC3)[C@@H](N)C2)c1. The largest absolute Gasteiger partial charge is 0.378 e. The molecule has 20 heavy (non-hydrogen) atoms. The lowest BCUT2D eigenvalue weighted by Gasteiger charge is -2.18. The van der Waals surface area contributed by atoms with Crippen LogP contribution in [-0.4, -0.2) is 44.0 Å². The van der Waals surface area contributed by atoms with E-state index in [1.807, 2.05) is 48.2 Å². The van der Waals surface area contributed by atoms with E-state index in [0.717, 1.165) is 23.7 Å². The van der Waals surface area contributed by atoms with Gasteiger partial charge < -0.3 is 15.5 Å². The molecule has 2 atom stereocenters. The van der Waals surface area contributed by atoms with Crippen LogP contribution < -0.4 is 10.6 Å². The first-order valence-electron chi connectivity index (χ1n) is 7.38. The Morgan fingerprint density at radius 2 is 2.05 bits per heavy atom. The van der Waals surface area contributed by atoms with Gasteiger partial charge in [-0.15, -0.1) is 0 Å². The molecule has 1 aromatic rings. The molecule has 108 valence electrons. The van der Waals surface area contributed by atoms with Crippen molar-refractivity contribution in [2.24, 2.45) is 17.6 Å². The first-order valence-corrected chi connectivity index (χ1v) is 7.38. The molecule has 1 heterocycles. The molecule has 1 aliphatic heterocycles. The Hall–Kier alpha value is -1.55. The number of hydrogen-bond donors (Lipinski definition) is 1. The van der Waals surface area contributed by atoms with E-state index >= 15 is 0 Å². The van der Waals surface area contributed by atoms with Crippen molar-refractivity contribution in [1.29, 1.82) is 0 Å². The van der Waals surface area contributed by atoms with E-state index in [-0.39, 0.29) is 11.9 Å². The summed E-state index contributed by atoms with van der Waals surface area (Å²) in [6.07, 6.45) is 2.58. The molecule has 1 saturated carbocycles. The van der Waals surface area contributed by atoms with Crippen LogP contribution in [0.1, 0.15) is 23.2 Å². The number of anilines is 1. The molecule has 4 nitrogen and oxygen atoms in total. The molecule has 1 amide bonds. The molecule has 0 bridgehead atoms. The van der Waals surface area contributed by atoms with Crippen LogP contribution >= 0.6 is 0 Å². The molecule has 0 unspecified atom stereocenters. The number of nitrogens with two attached hydrogens (primary N) is 1. The van der Waals surface area contributed by atoms with Gasteiger partial charge in [-0.25, -0.2) is 0 Å². The lowest BCUT2D eigenvalue weighted by atomic mass is 9.99. The van der Waals surface area contributed by atoms with Gasteiger partial charge in [0.25, 0.3) is 5.91 Å². The smallest absolute Gasteiger partial charge is 0.253 e. The Labute approximate surface area is 120 Å². The van der Waals surface area contributed by atoms with Gasteiger partial charge in [0.2, 0.25) is 0 Å². The molecule has 0 aromatic heterocycles. The Bertz CT molecular complexity index is 510. The number of nitrogens with zero attached hydrogens (tertiary/aromatic N) is 2. The standard InChI is InChI=1S/C16H23N3O/c1-18(2)13-5-3-4-12(8-13)16(20)19-9-14(11-6-7-11)15(17)10-19/h3-5,8,11,14-15H,6-7,9-10,17H2,1-2H3/t14-,15+/m1/s1. The summed E-state index contributed by atoms with van der Waals surface area (Å²) >= 11 is 0. The van der Waals surface area contributed by atoms with Crippen LogP contribution in [0.5, 0.6) is 0 Å². The van der Waals surface area contributed by atoms with Crippen molar-refractivity contribution >= 4 is 11.6 Å². The molecule has 2 fully saturated rings. The quantitative estimate of drug-likeness (QED) is 0.909. The Balaban J connectivity index is 1.74. The summed E-state index contributed by atoms with van der Waals surface area (Å²) in [7, 11) is 3.97. The van der Waals surface area contributed by atoms with Crippen LogP contribution in [0.25, 0.3) is 0 Å². The van der Waals surface area contributed by atoms with Crippen molar-refractivity contribution in [2.75, 3.05) is 32.1 Å². The van der Waals surface area contributed by atoms with Crippen LogP contribution in [0.2, 0.25) is 0 Å². The van der Waals surface area contributed by atoms with Gasteiger partial charge in [-0.2, -0.15) is 0 Å². The second kappa shape index (κ2) is 5.09. The van der Waals surface area contributed by atoms with Crippen LogP contribution in [0.15, 0.2) is 24.3 Å². The summed E-state index contributed by atoms with van der Waals surface area (Å²) in [5, 5.41) is 0. The van der Waals surface area contributed by atoms with Crippen molar-refractivity contribution in [3.63, 3.8) is 0 Å². The van der Waals surface area contributed by atoms with Crippen LogP contribution in [0.4, 0.5) is 5.69 Å². The summed E-state index contributed by atoms with van der Waals surface area (Å²) in [4.78, 5) is 16.6. The number of hydrogen-bond acceptors (Lipinski definition) is 3. The summed E-state index contributed by atoms with van der Waals surface area (Å²) in [5.41, 5.74) is 8.02. The summed E-state index contributed by atoms with van der Waals surface area (Å²) in [6, 6.07) is 7.96. The molecule has 0 radical (unpaired) electrons. The molecule has 1 aromatic carbocycles. The Morgan fingerprint density at radius 3 is 2.70 bits per heavy atom. The van der Waals surface area contributed by atoms with Gasteiger partial charge in [-0.3, -0.25) is 4.79 Å². The highest BCUT2D eigenvalue weighted by atomic mass is 16.2. The predicted octanol–water partition coefficient (Wildman–Crippen LogP) is 1.56. The molecule has 2 aliphatic rings. The number of carbonyl (C=O) groups is 1. The molecule has 3 rings (SSSR count). The monoisotopic (exact) mass is 273 g/mol. The van der Waals surface area contributed by atoms with E-state index in [2.05, 4.69) is 0 Å². The van der Waals surface area contributed by atoms with Gasteiger partial charge >= 0.3 is 0 Å². The highest BCUT2D eigenvalue weighted by Gasteiger charge is 2.42. The topological polar surface area (TPSA) is 49.6 Å². The van der Waals surface area contributed by atoms with Gasteiger partial charge in [-0.1, -0.05) is 6.07 Å². The third kappa shape index (κ3) is 2.52. The van der Waals surface area contributed by atoms with E-state index < -0.39 is 0 Å². The van der Waals surface area contributed by atoms with Crippen molar-refractivity contribution in [3.8, 4) is 0 Å². The highest BCUT2D eigenvalue weighted by molar-refractivity contribution is 5.95. The van der Waals surface area contributed by atoms with E-state index in [9.17, 15) is 4.79 Å². The second-order valence-corrected chi connectivity index (χ2v) is 6.32. The van der Waals surface area contributed by atoms with E-state index in [0.29, 0.717) is 12.5 Å². The van der Waals surface area contributed by atoms with Crippen LogP contribution in [0, 0.1) is 11.8 Å². The maximum absolute atomic E-state index is 12.6. The molecule has 4 heteroatoms. The summed E-state index contributed by atoms with van der Waals surface area (Å²) in [5.74, 6) is 1.39. The fourth-order valence-corrected chi connectivity index (χ4v) is 3.14.